The Morgan fingerprint density at radius 2 is 2.29 bits per heavy atom. The number of hydrogen-bond donors (Lipinski definition) is 1. The molecule has 1 aromatic heterocycles. The number of amides is 1. The number of nitrogens with one attached hydrogen (secondary N) is 1. The maximum absolute atomic E-state index is 11.8. The Hall–Kier alpha value is -0.940. The van der Waals surface area contributed by atoms with Crippen molar-refractivity contribution < 1.29 is 9.53 Å². The number of anilines is 1. The Labute approximate surface area is 110 Å². The SMILES string of the molecule is CC[C@@H](C)C(=O)Nc1nc(Br)ccc1COC. The minimum atomic E-state index is -0.0221. The van der Waals surface area contributed by atoms with Gasteiger partial charge in [-0.25, -0.2) is 4.98 Å². The summed E-state index contributed by atoms with van der Waals surface area (Å²) in [5, 5.41) is 2.83. The summed E-state index contributed by atoms with van der Waals surface area (Å²) >= 11 is 3.29. The fraction of sp³-hybridized carbons (Fsp3) is 0.500. The van der Waals surface area contributed by atoms with Gasteiger partial charge >= 0.3 is 0 Å². The average Bonchev–Trinajstić information content (AvgIpc) is 2.31. The van der Waals surface area contributed by atoms with Gasteiger partial charge in [-0.3, -0.25) is 4.79 Å². The molecular formula is C12H17BrN2O2. The first-order valence-corrected chi connectivity index (χ1v) is 6.33. The van der Waals surface area contributed by atoms with Crippen LogP contribution < -0.4 is 5.32 Å². The van der Waals surface area contributed by atoms with Gasteiger partial charge in [-0.15, -0.1) is 0 Å². The minimum absolute atomic E-state index is 0.0181. The lowest BCUT2D eigenvalue weighted by Gasteiger charge is -2.12. The molecule has 0 bridgehead atoms. The minimum Gasteiger partial charge on any atom is -0.380 e. The molecule has 17 heavy (non-hydrogen) atoms. The van der Waals surface area contributed by atoms with E-state index in [0.717, 1.165) is 12.0 Å². The number of rotatable bonds is 5. The largest absolute Gasteiger partial charge is 0.380 e. The number of carbonyl (C=O) groups excluding carboxylic acids is 1. The zero-order valence-electron chi connectivity index (χ0n) is 10.3. The van der Waals surface area contributed by atoms with Crippen molar-refractivity contribution in [3.63, 3.8) is 0 Å². The van der Waals surface area contributed by atoms with Gasteiger partial charge in [0.25, 0.3) is 0 Å². The van der Waals surface area contributed by atoms with E-state index in [9.17, 15) is 4.79 Å². The Morgan fingerprint density at radius 3 is 2.88 bits per heavy atom. The van der Waals surface area contributed by atoms with Crippen LogP contribution in [0.3, 0.4) is 0 Å². The zero-order valence-corrected chi connectivity index (χ0v) is 11.9. The van der Waals surface area contributed by atoms with E-state index < -0.39 is 0 Å². The molecule has 0 unspecified atom stereocenters. The zero-order chi connectivity index (χ0) is 12.8. The summed E-state index contributed by atoms with van der Waals surface area (Å²) in [6.07, 6.45) is 0.805. The third-order valence-corrected chi connectivity index (χ3v) is 2.99. The molecular weight excluding hydrogens is 284 g/mol. The maximum atomic E-state index is 11.8. The lowest BCUT2D eigenvalue weighted by Crippen LogP contribution is -2.21. The van der Waals surface area contributed by atoms with E-state index >= 15 is 0 Å². The monoisotopic (exact) mass is 300 g/mol. The van der Waals surface area contributed by atoms with Gasteiger partial charge in [0.2, 0.25) is 5.91 Å². The molecule has 0 fully saturated rings. The topological polar surface area (TPSA) is 51.2 Å². The molecule has 1 N–H and O–H groups in total. The number of ether oxygens (including phenoxy) is 1. The van der Waals surface area contributed by atoms with Gasteiger partial charge in [-0.1, -0.05) is 19.9 Å². The van der Waals surface area contributed by atoms with Gasteiger partial charge < -0.3 is 10.1 Å². The molecule has 0 aromatic carbocycles. The second-order valence-corrected chi connectivity index (χ2v) is 4.69. The number of hydrogen-bond acceptors (Lipinski definition) is 3. The van der Waals surface area contributed by atoms with Crippen LogP contribution >= 0.6 is 15.9 Å². The van der Waals surface area contributed by atoms with Crippen LogP contribution in [0.1, 0.15) is 25.8 Å². The predicted molar refractivity (Wildman–Crippen MR) is 70.7 cm³/mol. The van der Waals surface area contributed by atoms with Gasteiger partial charge in [0.1, 0.15) is 10.4 Å². The standard InChI is InChI=1S/C12H17BrN2O2/c1-4-8(2)12(16)15-11-9(7-17-3)5-6-10(13)14-11/h5-6,8H,4,7H2,1-3H3,(H,14,15,16)/t8-/m1/s1. The quantitative estimate of drug-likeness (QED) is 0.851. The summed E-state index contributed by atoms with van der Waals surface area (Å²) in [4.78, 5) is 16.1. The molecule has 0 saturated heterocycles. The lowest BCUT2D eigenvalue weighted by atomic mass is 10.1. The van der Waals surface area contributed by atoms with Gasteiger partial charge in [0.05, 0.1) is 6.61 Å². The number of pyridine rings is 1. The van der Waals surface area contributed by atoms with Crippen LogP contribution in [0, 0.1) is 5.92 Å². The fourth-order valence-electron chi connectivity index (χ4n) is 1.27. The molecule has 1 atom stereocenters. The number of carbonyl (C=O) groups is 1. The molecule has 1 rings (SSSR count). The third-order valence-electron chi connectivity index (χ3n) is 2.55. The molecule has 0 spiro atoms. The van der Waals surface area contributed by atoms with E-state index in [1.165, 1.54) is 0 Å². The molecule has 1 heterocycles. The van der Waals surface area contributed by atoms with E-state index in [1.807, 2.05) is 26.0 Å². The van der Waals surface area contributed by atoms with Gasteiger partial charge in [0, 0.05) is 18.6 Å². The normalized spacial score (nSPS) is 12.2. The van der Waals surface area contributed by atoms with Gasteiger partial charge in [-0.05, 0) is 28.4 Å². The van der Waals surface area contributed by atoms with Crippen LogP contribution in [0.4, 0.5) is 5.82 Å². The summed E-state index contributed by atoms with van der Waals surface area (Å²) in [5.41, 5.74) is 0.868. The molecule has 0 saturated carbocycles. The summed E-state index contributed by atoms with van der Waals surface area (Å²) in [6.45, 7) is 4.30. The highest BCUT2D eigenvalue weighted by atomic mass is 79.9. The van der Waals surface area contributed by atoms with Crippen molar-refractivity contribution >= 4 is 27.7 Å². The summed E-state index contributed by atoms with van der Waals surface area (Å²) < 4.78 is 5.76. The number of halogens is 1. The van der Waals surface area contributed by atoms with E-state index in [1.54, 1.807) is 7.11 Å². The van der Waals surface area contributed by atoms with Crippen molar-refractivity contribution in [1.82, 2.24) is 4.98 Å². The second-order valence-electron chi connectivity index (χ2n) is 3.87. The molecule has 1 aromatic rings. The van der Waals surface area contributed by atoms with E-state index in [2.05, 4.69) is 26.2 Å². The first-order valence-electron chi connectivity index (χ1n) is 5.53. The lowest BCUT2D eigenvalue weighted by molar-refractivity contribution is -0.119. The van der Waals surface area contributed by atoms with Crippen molar-refractivity contribution in [3.8, 4) is 0 Å². The molecule has 0 aliphatic heterocycles. The van der Waals surface area contributed by atoms with Crippen LogP contribution in [-0.4, -0.2) is 18.0 Å². The smallest absolute Gasteiger partial charge is 0.228 e. The maximum Gasteiger partial charge on any atom is 0.228 e. The van der Waals surface area contributed by atoms with E-state index in [0.29, 0.717) is 17.0 Å². The van der Waals surface area contributed by atoms with Gasteiger partial charge in [-0.2, -0.15) is 0 Å². The summed E-state index contributed by atoms with van der Waals surface area (Å²) in [5.74, 6) is 0.521. The molecule has 5 heteroatoms. The highest BCUT2D eigenvalue weighted by Gasteiger charge is 2.13. The highest BCUT2D eigenvalue weighted by Crippen LogP contribution is 2.18. The molecule has 4 nitrogen and oxygen atoms in total. The van der Waals surface area contributed by atoms with Crippen molar-refractivity contribution in [2.24, 2.45) is 5.92 Å². The molecule has 94 valence electrons. The van der Waals surface area contributed by atoms with Crippen molar-refractivity contribution in [2.75, 3.05) is 12.4 Å². The van der Waals surface area contributed by atoms with Crippen molar-refractivity contribution in [3.05, 3.63) is 22.3 Å². The first-order chi connectivity index (χ1) is 8.08. The number of nitrogens with zero attached hydrogens (tertiary/aromatic N) is 1. The predicted octanol–water partition coefficient (Wildman–Crippen LogP) is 2.98. The molecule has 0 radical (unpaired) electrons. The van der Waals surface area contributed by atoms with Crippen LogP contribution in [0.15, 0.2) is 16.7 Å². The Bertz CT molecular complexity index is 396. The average molecular weight is 301 g/mol. The van der Waals surface area contributed by atoms with Crippen LogP contribution in [-0.2, 0) is 16.1 Å². The fourth-order valence-corrected chi connectivity index (χ4v) is 1.58. The Balaban J connectivity index is 2.87. The number of methoxy groups -OCH3 is 1. The van der Waals surface area contributed by atoms with Crippen LogP contribution in [0.25, 0.3) is 0 Å². The Kier molecular flexibility index (Phi) is 5.58. The first kappa shape index (κ1) is 14.1. The number of aromatic nitrogens is 1. The second kappa shape index (κ2) is 6.71. The molecule has 1 amide bonds. The van der Waals surface area contributed by atoms with E-state index in [4.69, 9.17) is 4.74 Å². The third kappa shape index (κ3) is 4.09. The van der Waals surface area contributed by atoms with Crippen molar-refractivity contribution in [1.29, 1.82) is 0 Å². The summed E-state index contributed by atoms with van der Waals surface area (Å²) in [6, 6.07) is 3.71. The Morgan fingerprint density at radius 1 is 1.59 bits per heavy atom. The summed E-state index contributed by atoms with van der Waals surface area (Å²) in [7, 11) is 1.61. The van der Waals surface area contributed by atoms with Crippen molar-refractivity contribution in [2.45, 2.75) is 26.9 Å². The van der Waals surface area contributed by atoms with Crippen LogP contribution in [0.2, 0.25) is 0 Å². The van der Waals surface area contributed by atoms with E-state index in [-0.39, 0.29) is 11.8 Å². The highest BCUT2D eigenvalue weighted by molar-refractivity contribution is 9.10. The molecule has 0 aliphatic carbocycles. The van der Waals surface area contributed by atoms with Gasteiger partial charge in [0.15, 0.2) is 0 Å². The van der Waals surface area contributed by atoms with Crippen LogP contribution in [0.5, 0.6) is 0 Å². The molecule has 0 aliphatic rings.